The summed E-state index contributed by atoms with van der Waals surface area (Å²) in [6, 6.07) is 8.60. The third kappa shape index (κ3) is 2.02. The number of aromatic nitrogens is 1. The van der Waals surface area contributed by atoms with Crippen molar-refractivity contribution in [1.82, 2.24) is 4.98 Å². The number of fused-ring (bicyclic) bond motifs is 2. The van der Waals surface area contributed by atoms with Crippen molar-refractivity contribution in [3.05, 3.63) is 52.7 Å². The molecular formula is C15H14BrN. The molecule has 1 aromatic heterocycles. The molecule has 1 atom stereocenters. The van der Waals surface area contributed by atoms with E-state index in [9.17, 15) is 0 Å². The van der Waals surface area contributed by atoms with Crippen molar-refractivity contribution in [3.63, 3.8) is 0 Å². The molecule has 0 saturated carbocycles. The molecule has 0 radical (unpaired) electrons. The number of halogens is 1. The Morgan fingerprint density at radius 2 is 2.24 bits per heavy atom. The molecule has 0 saturated heterocycles. The fourth-order valence-corrected chi connectivity index (χ4v) is 2.99. The van der Waals surface area contributed by atoms with E-state index >= 15 is 0 Å². The highest BCUT2D eigenvalue weighted by Gasteiger charge is 2.22. The Morgan fingerprint density at radius 3 is 3.06 bits per heavy atom. The Kier molecular flexibility index (Phi) is 2.75. The standard InChI is InChI=1S/C15H14BrN/c1-2-3-10-6-12-8-11-4-5-13(16)9-15(11)17-14(12)7-10/h2,4-5,8-10H,1,3,6-7H2/t10-/m1/s1. The number of hydrogen-bond donors (Lipinski definition) is 0. The van der Waals surface area contributed by atoms with Crippen LogP contribution in [-0.2, 0) is 12.8 Å². The van der Waals surface area contributed by atoms with Crippen LogP contribution in [0.3, 0.4) is 0 Å². The van der Waals surface area contributed by atoms with Gasteiger partial charge in [-0.05, 0) is 48.9 Å². The Labute approximate surface area is 110 Å². The van der Waals surface area contributed by atoms with Crippen LogP contribution in [0.5, 0.6) is 0 Å². The summed E-state index contributed by atoms with van der Waals surface area (Å²) in [4.78, 5) is 4.78. The molecule has 1 nitrogen and oxygen atoms in total. The number of rotatable bonds is 2. The number of pyridine rings is 1. The van der Waals surface area contributed by atoms with Gasteiger partial charge in [0.25, 0.3) is 0 Å². The van der Waals surface area contributed by atoms with E-state index < -0.39 is 0 Å². The molecule has 1 heterocycles. The fraction of sp³-hybridized carbons (Fsp3) is 0.267. The van der Waals surface area contributed by atoms with Crippen molar-refractivity contribution in [1.29, 1.82) is 0 Å². The van der Waals surface area contributed by atoms with Gasteiger partial charge in [-0.15, -0.1) is 6.58 Å². The summed E-state index contributed by atoms with van der Waals surface area (Å²) in [5.74, 6) is 0.704. The van der Waals surface area contributed by atoms with E-state index in [4.69, 9.17) is 4.98 Å². The molecule has 1 aliphatic rings. The van der Waals surface area contributed by atoms with Gasteiger partial charge < -0.3 is 0 Å². The maximum absolute atomic E-state index is 4.78. The summed E-state index contributed by atoms with van der Waals surface area (Å²) in [5, 5.41) is 1.24. The summed E-state index contributed by atoms with van der Waals surface area (Å²) >= 11 is 3.50. The van der Waals surface area contributed by atoms with Crippen LogP contribution in [0.25, 0.3) is 10.9 Å². The van der Waals surface area contributed by atoms with Crippen LogP contribution in [0.1, 0.15) is 17.7 Å². The lowest BCUT2D eigenvalue weighted by Crippen LogP contribution is -1.96. The van der Waals surface area contributed by atoms with Gasteiger partial charge >= 0.3 is 0 Å². The molecule has 86 valence electrons. The zero-order valence-corrected chi connectivity index (χ0v) is 11.2. The summed E-state index contributed by atoms with van der Waals surface area (Å²) in [5.41, 5.74) is 3.80. The Bertz CT molecular complexity index is 589. The van der Waals surface area contributed by atoms with Gasteiger partial charge in [-0.1, -0.05) is 28.1 Å². The molecule has 0 amide bonds. The van der Waals surface area contributed by atoms with E-state index in [1.807, 2.05) is 6.08 Å². The summed E-state index contributed by atoms with van der Waals surface area (Å²) in [6.07, 6.45) is 5.37. The van der Waals surface area contributed by atoms with E-state index in [2.05, 4.69) is 46.8 Å². The molecule has 0 spiro atoms. The Hall–Kier alpha value is -1.15. The van der Waals surface area contributed by atoms with Crippen molar-refractivity contribution in [2.75, 3.05) is 0 Å². The van der Waals surface area contributed by atoms with Crippen molar-refractivity contribution in [2.45, 2.75) is 19.3 Å². The third-order valence-electron chi connectivity index (χ3n) is 3.44. The first-order valence-corrected chi connectivity index (χ1v) is 6.74. The number of benzene rings is 1. The highest BCUT2D eigenvalue weighted by Crippen LogP contribution is 2.31. The second-order valence-corrected chi connectivity index (χ2v) is 5.65. The van der Waals surface area contributed by atoms with Crippen molar-refractivity contribution >= 4 is 26.8 Å². The van der Waals surface area contributed by atoms with Gasteiger partial charge in [0.05, 0.1) is 5.52 Å². The lowest BCUT2D eigenvalue weighted by atomic mass is 10.0. The van der Waals surface area contributed by atoms with Crippen LogP contribution in [0, 0.1) is 5.92 Å². The van der Waals surface area contributed by atoms with Crippen LogP contribution in [0.2, 0.25) is 0 Å². The zero-order chi connectivity index (χ0) is 11.8. The monoisotopic (exact) mass is 287 g/mol. The van der Waals surface area contributed by atoms with Gasteiger partial charge in [0.1, 0.15) is 0 Å². The molecule has 3 rings (SSSR count). The predicted molar refractivity (Wildman–Crippen MR) is 75.2 cm³/mol. The lowest BCUT2D eigenvalue weighted by molar-refractivity contribution is 0.569. The quantitative estimate of drug-likeness (QED) is 0.751. The molecule has 0 aliphatic heterocycles. The highest BCUT2D eigenvalue weighted by atomic mass is 79.9. The lowest BCUT2D eigenvalue weighted by Gasteiger charge is -2.02. The van der Waals surface area contributed by atoms with E-state index in [1.165, 1.54) is 16.6 Å². The Balaban J connectivity index is 2.05. The zero-order valence-electron chi connectivity index (χ0n) is 9.62. The summed E-state index contributed by atoms with van der Waals surface area (Å²) in [6.45, 7) is 3.83. The number of allylic oxidation sites excluding steroid dienone is 1. The second kappa shape index (κ2) is 4.26. The largest absolute Gasteiger partial charge is 0.253 e. The van der Waals surface area contributed by atoms with E-state index in [0.717, 1.165) is 29.3 Å². The van der Waals surface area contributed by atoms with E-state index in [-0.39, 0.29) is 0 Å². The average molecular weight is 288 g/mol. The number of nitrogens with zero attached hydrogens (tertiary/aromatic N) is 1. The molecule has 2 aromatic rings. The maximum atomic E-state index is 4.78. The second-order valence-electron chi connectivity index (χ2n) is 4.73. The van der Waals surface area contributed by atoms with Crippen LogP contribution >= 0.6 is 15.9 Å². The predicted octanol–water partition coefficient (Wildman–Crippen LogP) is 4.29. The minimum atomic E-state index is 0.704. The minimum absolute atomic E-state index is 0.704. The van der Waals surface area contributed by atoms with Gasteiger partial charge in [-0.25, -0.2) is 0 Å². The third-order valence-corrected chi connectivity index (χ3v) is 3.93. The van der Waals surface area contributed by atoms with Crippen LogP contribution in [-0.4, -0.2) is 4.98 Å². The molecule has 0 bridgehead atoms. The first kappa shape index (κ1) is 11.0. The highest BCUT2D eigenvalue weighted by molar-refractivity contribution is 9.10. The Morgan fingerprint density at radius 1 is 1.35 bits per heavy atom. The molecular weight excluding hydrogens is 274 g/mol. The minimum Gasteiger partial charge on any atom is -0.253 e. The van der Waals surface area contributed by atoms with Crippen molar-refractivity contribution in [3.8, 4) is 0 Å². The molecule has 2 heteroatoms. The summed E-state index contributed by atoms with van der Waals surface area (Å²) in [7, 11) is 0. The first-order chi connectivity index (χ1) is 8.26. The van der Waals surface area contributed by atoms with Gasteiger partial charge in [-0.3, -0.25) is 4.98 Å². The van der Waals surface area contributed by atoms with E-state index in [0.29, 0.717) is 5.92 Å². The average Bonchev–Trinajstić information content (AvgIpc) is 2.67. The van der Waals surface area contributed by atoms with Crippen LogP contribution in [0.15, 0.2) is 41.4 Å². The van der Waals surface area contributed by atoms with Crippen LogP contribution < -0.4 is 0 Å². The smallest absolute Gasteiger partial charge is 0.0716 e. The molecule has 0 unspecified atom stereocenters. The number of hydrogen-bond acceptors (Lipinski definition) is 1. The van der Waals surface area contributed by atoms with Gasteiger partial charge in [0.2, 0.25) is 0 Å². The normalized spacial score (nSPS) is 18.3. The summed E-state index contributed by atoms with van der Waals surface area (Å²) < 4.78 is 1.10. The molecule has 1 aromatic carbocycles. The fourth-order valence-electron chi connectivity index (χ4n) is 2.64. The first-order valence-electron chi connectivity index (χ1n) is 5.95. The molecule has 0 N–H and O–H groups in total. The van der Waals surface area contributed by atoms with Gasteiger partial charge in [-0.2, -0.15) is 0 Å². The van der Waals surface area contributed by atoms with E-state index in [1.54, 1.807) is 0 Å². The molecule has 1 aliphatic carbocycles. The van der Waals surface area contributed by atoms with Crippen molar-refractivity contribution in [2.24, 2.45) is 5.92 Å². The topological polar surface area (TPSA) is 12.9 Å². The van der Waals surface area contributed by atoms with Crippen LogP contribution in [0.4, 0.5) is 0 Å². The van der Waals surface area contributed by atoms with Gasteiger partial charge in [0, 0.05) is 15.6 Å². The van der Waals surface area contributed by atoms with Crippen molar-refractivity contribution < 1.29 is 0 Å². The molecule has 17 heavy (non-hydrogen) atoms. The molecule has 0 fully saturated rings. The SMILES string of the molecule is C=CC[C@@H]1Cc2cc3ccc(Br)cc3nc2C1. The van der Waals surface area contributed by atoms with Gasteiger partial charge in [0.15, 0.2) is 0 Å². The maximum Gasteiger partial charge on any atom is 0.0716 e.